The fraction of sp³-hybridized carbons (Fsp3) is 0.429. The highest BCUT2D eigenvalue weighted by atomic mass is 32.2. The first-order chi connectivity index (χ1) is 13.3. The minimum atomic E-state index is -3.18. The maximum absolute atomic E-state index is 13.3. The van der Waals surface area contributed by atoms with Crippen LogP contribution in [0, 0.1) is 17.7 Å². The van der Waals surface area contributed by atoms with Gasteiger partial charge in [0.15, 0.2) is 0 Å². The van der Waals surface area contributed by atoms with Gasteiger partial charge in [0.25, 0.3) is 0 Å². The smallest absolute Gasteiger partial charge is 0.213 e. The molecular weight excluding hydrogens is 377 g/mol. The Kier molecular flexibility index (Phi) is 4.83. The number of fused-ring (bicyclic) bond motifs is 1. The number of hydrogen-bond donors (Lipinski definition) is 1. The van der Waals surface area contributed by atoms with Crippen molar-refractivity contribution in [3.63, 3.8) is 0 Å². The number of hydrazine groups is 1. The van der Waals surface area contributed by atoms with Crippen molar-refractivity contribution in [2.24, 2.45) is 11.8 Å². The molecule has 1 aromatic carbocycles. The minimum Gasteiger partial charge on any atom is -0.301 e. The Balaban J connectivity index is 1.62. The van der Waals surface area contributed by atoms with E-state index >= 15 is 0 Å². The molecule has 7 heteroatoms. The highest BCUT2D eigenvalue weighted by Gasteiger charge is 2.38. The maximum Gasteiger partial charge on any atom is 0.213 e. The normalized spacial score (nSPS) is 24.1. The molecule has 28 heavy (non-hydrogen) atoms. The summed E-state index contributed by atoms with van der Waals surface area (Å²) in [6.45, 7) is 4.41. The number of sulfonamides is 1. The van der Waals surface area contributed by atoms with Crippen LogP contribution >= 0.6 is 0 Å². The Morgan fingerprint density at radius 3 is 2.68 bits per heavy atom. The number of nitrogens with zero attached hydrogens (tertiary/aromatic N) is 2. The molecule has 0 saturated heterocycles. The van der Waals surface area contributed by atoms with Gasteiger partial charge in [-0.25, -0.2) is 17.1 Å². The van der Waals surface area contributed by atoms with E-state index < -0.39 is 10.0 Å². The molecule has 1 N–H and O–H groups in total. The molecule has 0 unspecified atom stereocenters. The number of nitrogens with one attached hydrogen (secondary N) is 1. The first-order valence-corrected chi connectivity index (χ1v) is 11.3. The predicted molar refractivity (Wildman–Crippen MR) is 109 cm³/mol. The number of rotatable bonds is 5. The zero-order chi connectivity index (χ0) is 20.1. The van der Waals surface area contributed by atoms with Crippen molar-refractivity contribution < 1.29 is 12.8 Å². The summed E-state index contributed by atoms with van der Waals surface area (Å²) in [5, 5.41) is 1.98. The number of anilines is 1. The van der Waals surface area contributed by atoms with Crippen LogP contribution in [0.3, 0.4) is 0 Å². The second-order valence-electron chi connectivity index (χ2n) is 7.69. The van der Waals surface area contributed by atoms with Gasteiger partial charge in [0.05, 0.1) is 17.1 Å². The van der Waals surface area contributed by atoms with Crippen molar-refractivity contribution in [3.8, 4) is 0 Å². The summed E-state index contributed by atoms with van der Waals surface area (Å²) in [4.78, 5) is 0. The Hall–Kier alpha value is -2.12. The van der Waals surface area contributed by atoms with Gasteiger partial charge < -0.3 is 5.43 Å². The van der Waals surface area contributed by atoms with E-state index in [4.69, 9.17) is 0 Å². The molecule has 0 amide bonds. The van der Waals surface area contributed by atoms with Gasteiger partial charge in [-0.3, -0.25) is 5.01 Å². The van der Waals surface area contributed by atoms with Gasteiger partial charge in [-0.15, -0.1) is 0 Å². The number of halogens is 1. The van der Waals surface area contributed by atoms with Crippen molar-refractivity contribution in [2.75, 3.05) is 24.4 Å². The van der Waals surface area contributed by atoms with Crippen LogP contribution in [0.4, 0.5) is 10.1 Å². The highest BCUT2D eigenvalue weighted by molar-refractivity contribution is 7.89. The first kappa shape index (κ1) is 19.2. The van der Waals surface area contributed by atoms with Gasteiger partial charge in [0.2, 0.25) is 10.0 Å². The summed E-state index contributed by atoms with van der Waals surface area (Å²) >= 11 is 0. The van der Waals surface area contributed by atoms with Crippen LogP contribution in [0.2, 0.25) is 0 Å². The molecule has 0 radical (unpaired) electrons. The van der Waals surface area contributed by atoms with Crippen molar-refractivity contribution >= 4 is 15.7 Å². The summed E-state index contributed by atoms with van der Waals surface area (Å²) < 4.78 is 39.1. The van der Waals surface area contributed by atoms with Crippen molar-refractivity contribution in [1.29, 1.82) is 0 Å². The van der Waals surface area contributed by atoms with Gasteiger partial charge in [-0.05, 0) is 61.6 Å². The fourth-order valence-electron chi connectivity index (χ4n) is 4.55. The molecule has 0 saturated carbocycles. The van der Waals surface area contributed by atoms with E-state index in [1.54, 1.807) is 26.1 Å². The monoisotopic (exact) mass is 403 g/mol. The highest BCUT2D eigenvalue weighted by Crippen LogP contribution is 2.47. The molecule has 1 aliphatic heterocycles. The first-order valence-electron chi connectivity index (χ1n) is 9.72. The number of hydrogen-bond acceptors (Lipinski definition) is 4. The van der Waals surface area contributed by atoms with Crippen LogP contribution in [0.1, 0.15) is 26.7 Å². The predicted octanol–water partition coefficient (Wildman–Crippen LogP) is 3.56. The van der Waals surface area contributed by atoms with Gasteiger partial charge in [0.1, 0.15) is 5.82 Å². The molecule has 0 spiro atoms. The molecule has 2 atom stereocenters. The summed E-state index contributed by atoms with van der Waals surface area (Å²) in [6, 6.07) is 6.44. The number of benzene rings is 1. The van der Waals surface area contributed by atoms with E-state index in [1.807, 2.05) is 11.2 Å². The lowest BCUT2D eigenvalue weighted by Crippen LogP contribution is -2.34. The van der Waals surface area contributed by atoms with Crippen molar-refractivity contribution in [1.82, 2.24) is 9.73 Å². The molecule has 0 bridgehead atoms. The van der Waals surface area contributed by atoms with Crippen molar-refractivity contribution in [3.05, 3.63) is 64.8 Å². The molecule has 1 heterocycles. The molecule has 5 nitrogen and oxygen atoms in total. The third-order valence-corrected chi connectivity index (χ3v) is 7.93. The Morgan fingerprint density at radius 2 is 2.00 bits per heavy atom. The van der Waals surface area contributed by atoms with Crippen molar-refractivity contribution in [2.45, 2.75) is 26.7 Å². The van der Waals surface area contributed by atoms with Crippen LogP contribution in [0.15, 0.2) is 59.0 Å². The molecule has 150 valence electrons. The Labute approximate surface area is 166 Å². The average molecular weight is 404 g/mol. The zero-order valence-corrected chi connectivity index (χ0v) is 17.3. The number of allylic oxidation sites excluding steroid dienone is 3. The fourth-order valence-corrected chi connectivity index (χ4v) is 5.40. The molecule has 1 aromatic rings. The molecular formula is C21H26FN3O2S. The third kappa shape index (κ3) is 3.16. The third-order valence-electron chi connectivity index (χ3n) is 6.10. The van der Waals surface area contributed by atoms with E-state index in [2.05, 4.69) is 18.4 Å². The Bertz CT molecular complexity index is 979. The van der Waals surface area contributed by atoms with Crippen LogP contribution in [-0.4, -0.2) is 32.1 Å². The van der Waals surface area contributed by atoms with Gasteiger partial charge in [0, 0.05) is 31.3 Å². The molecule has 4 rings (SSSR count). The standard InChI is InChI=1S/C21H26FN3O2S/c1-4-28(26,27)24(3)13-16-6-5-15-11-20-19(14(2)21(15)16)12-23-25(20)18-9-7-17(22)8-10-18/h7-12,14,16,23H,4-6,13H2,1-3H3/t14-,16+/m0/s1. The van der Waals surface area contributed by atoms with E-state index in [-0.39, 0.29) is 23.4 Å². The lowest BCUT2D eigenvalue weighted by Gasteiger charge is -2.31. The van der Waals surface area contributed by atoms with E-state index in [1.165, 1.54) is 33.2 Å². The van der Waals surface area contributed by atoms with Gasteiger partial charge >= 0.3 is 0 Å². The van der Waals surface area contributed by atoms with Crippen LogP contribution in [0.5, 0.6) is 0 Å². The van der Waals surface area contributed by atoms with E-state index in [0.717, 1.165) is 24.2 Å². The van der Waals surface area contributed by atoms with E-state index in [9.17, 15) is 12.8 Å². The molecule has 2 aliphatic carbocycles. The second-order valence-corrected chi connectivity index (χ2v) is 10.1. The summed E-state index contributed by atoms with van der Waals surface area (Å²) in [6.07, 6.45) is 6.14. The topological polar surface area (TPSA) is 52.7 Å². The second kappa shape index (κ2) is 7.04. The summed E-state index contributed by atoms with van der Waals surface area (Å²) in [5.41, 5.74) is 9.13. The van der Waals surface area contributed by atoms with Crippen LogP contribution in [0.25, 0.3) is 0 Å². The lowest BCUT2D eigenvalue weighted by molar-refractivity contribution is 0.400. The lowest BCUT2D eigenvalue weighted by atomic mass is 9.80. The molecule has 3 aliphatic rings. The van der Waals surface area contributed by atoms with Crippen LogP contribution < -0.4 is 10.4 Å². The largest absolute Gasteiger partial charge is 0.301 e. The minimum absolute atomic E-state index is 0.128. The maximum atomic E-state index is 13.3. The molecule has 0 aromatic heterocycles. The zero-order valence-electron chi connectivity index (χ0n) is 16.4. The van der Waals surface area contributed by atoms with Gasteiger partial charge in [-0.2, -0.15) is 0 Å². The summed E-state index contributed by atoms with van der Waals surface area (Å²) in [5.74, 6) is 0.341. The van der Waals surface area contributed by atoms with Crippen LogP contribution in [-0.2, 0) is 10.0 Å². The quantitative estimate of drug-likeness (QED) is 0.817. The SMILES string of the molecule is CCS(=O)(=O)N(C)C[C@H]1CCC2=C1[C@@H](C)C1=CNN(c3ccc(F)cc3)C1=C2. The average Bonchev–Trinajstić information content (AvgIpc) is 3.27. The van der Waals surface area contributed by atoms with Gasteiger partial charge in [-0.1, -0.05) is 12.5 Å². The van der Waals surface area contributed by atoms with E-state index in [0.29, 0.717) is 6.54 Å². The summed E-state index contributed by atoms with van der Waals surface area (Å²) in [7, 11) is -1.50. The molecule has 0 fully saturated rings. The Morgan fingerprint density at radius 1 is 1.29 bits per heavy atom.